The monoisotopic (exact) mass is 432 g/mol. The predicted octanol–water partition coefficient (Wildman–Crippen LogP) is 6.15. The summed E-state index contributed by atoms with van der Waals surface area (Å²) in [7, 11) is 0. The lowest BCUT2D eigenvalue weighted by Gasteiger charge is -2.23. The molecule has 0 N–H and O–H groups in total. The van der Waals surface area contributed by atoms with Crippen LogP contribution in [0.25, 0.3) is 10.8 Å². The van der Waals surface area contributed by atoms with Gasteiger partial charge in [0, 0.05) is 12.4 Å². The smallest absolute Gasteiger partial charge is 0.318 e. The van der Waals surface area contributed by atoms with Crippen LogP contribution in [0.3, 0.4) is 0 Å². The zero-order valence-electron chi connectivity index (χ0n) is 18.1. The summed E-state index contributed by atoms with van der Waals surface area (Å²) in [5.41, 5.74) is 2.78. The van der Waals surface area contributed by atoms with Crippen LogP contribution in [0.15, 0.2) is 122 Å². The molecule has 0 aliphatic heterocycles. The number of rotatable bonds is 7. The molecule has 0 bridgehead atoms. The number of imidazole rings is 1. The largest absolute Gasteiger partial charge is 0.455 e. The first-order valence-corrected chi connectivity index (χ1v) is 11.0. The summed E-state index contributed by atoms with van der Waals surface area (Å²) in [6.45, 7) is 0.486. The maximum Gasteiger partial charge on any atom is 0.318 e. The number of carbonyl (C=O) groups excluding carboxylic acids is 1. The highest BCUT2D eigenvalue weighted by atomic mass is 16.5. The Morgan fingerprint density at radius 2 is 1.39 bits per heavy atom. The normalized spacial score (nSPS) is 12.0. The van der Waals surface area contributed by atoms with Gasteiger partial charge >= 0.3 is 5.97 Å². The van der Waals surface area contributed by atoms with E-state index in [-0.39, 0.29) is 5.97 Å². The van der Waals surface area contributed by atoms with E-state index in [0.717, 1.165) is 27.5 Å². The molecule has 5 aromatic rings. The molecule has 0 aliphatic rings. The van der Waals surface area contributed by atoms with Gasteiger partial charge in [-0.2, -0.15) is 0 Å². The molecule has 4 aromatic carbocycles. The summed E-state index contributed by atoms with van der Waals surface area (Å²) in [5, 5.41) is 2.27. The van der Waals surface area contributed by atoms with Crippen LogP contribution < -0.4 is 0 Å². The molecule has 33 heavy (non-hydrogen) atoms. The standard InChI is InChI=1S/C29H24N2O2/c32-29(28(23-10-3-1-4-11-23)24-12-5-2-6-13-24)33-27(20-31-18-17-30-21-31)26-16-15-22-9-7-8-14-25(22)19-26/h1-19,21,27-28H,20H2. The van der Waals surface area contributed by atoms with E-state index in [4.69, 9.17) is 4.74 Å². The molecule has 0 aliphatic carbocycles. The van der Waals surface area contributed by atoms with Crippen molar-refractivity contribution in [3.63, 3.8) is 0 Å². The van der Waals surface area contributed by atoms with Gasteiger partial charge in [0.15, 0.2) is 0 Å². The van der Waals surface area contributed by atoms with Crippen molar-refractivity contribution < 1.29 is 9.53 Å². The van der Waals surface area contributed by atoms with Gasteiger partial charge in [-0.25, -0.2) is 4.98 Å². The summed E-state index contributed by atoms with van der Waals surface area (Å²) >= 11 is 0. The molecule has 1 aromatic heterocycles. The van der Waals surface area contributed by atoms with E-state index >= 15 is 0 Å². The van der Waals surface area contributed by atoms with Crippen molar-refractivity contribution in [3.8, 4) is 0 Å². The third-order valence-electron chi connectivity index (χ3n) is 5.84. The van der Waals surface area contributed by atoms with Gasteiger partial charge in [0.2, 0.25) is 0 Å². The average molecular weight is 433 g/mol. The van der Waals surface area contributed by atoms with E-state index < -0.39 is 12.0 Å². The summed E-state index contributed by atoms with van der Waals surface area (Å²) in [6, 6.07) is 34.0. The van der Waals surface area contributed by atoms with Gasteiger partial charge in [0.1, 0.15) is 12.0 Å². The third-order valence-corrected chi connectivity index (χ3v) is 5.84. The fraction of sp³-hybridized carbons (Fsp3) is 0.103. The molecule has 0 radical (unpaired) electrons. The van der Waals surface area contributed by atoms with E-state index in [0.29, 0.717) is 6.54 Å². The maximum atomic E-state index is 13.7. The van der Waals surface area contributed by atoms with Crippen molar-refractivity contribution in [1.82, 2.24) is 9.55 Å². The number of carbonyl (C=O) groups is 1. The van der Waals surface area contributed by atoms with E-state index in [1.165, 1.54) is 0 Å². The zero-order chi connectivity index (χ0) is 22.5. The molecular formula is C29H24N2O2. The summed E-state index contributed by atoms with van der Waals surface area (Å²) in [5.74, 6) is -0.774. The Kier molecular flexibility index (Phi) is 5.98. The van der Waals surface area contributed by atoms with Gasteiger partial charge in [-0.3, -0.25) is 4.79 Å². The fourth-order valence-corrected chi connectivity index (χ4v) is 4.17. The van der Waals surface area contributed by atoms with Crippen LogP contribution in [-0.2, 0) is 16.1 Å². The lowest BCUT2D eigenvalue weighted by Crippen LogP contribution is -2.22. The van der Waals surface area contributed by atoms with Crippen LogP contribution in [0.5, 0.6) is 0 Å². The molecule has 0 saturated carbocycles. The van der Waals surface area contributed by atoms with E-state index in [1.54, 1.807) is 12.5 Å². The van der Waals surface area contributed by atoms with Gasteiger partial charge in [-0.05, 0) is 33.5 Å². The van der Waals surface area contributed by atoms with Crippen LogP contribution in [0.1, 0.15) is 28.7 Å². The number of esters is 1. The fourth-order valence-electron chi connectivity index (χ4n) is 4.17. The van der Waals surface area contributed by atoms with Crippen LogP contribution >= 0.6 is 0 Å². The lowest BCUT2D eigenvalue weighted by molar-refractivity contribution is -0.151. The first-order chi connectivity index (χ1) is 16.3. The Morgan fingerprint density at radius 3 is 2.03 bits per heavy atom. The molecule has 0 amide bonds. The Bertz CT molecular complexity index is 1290. The molecular weight excluding hydrogens is 408 g/mol. The second-order valence-electron chi connectivity index (χ2n) is 8.05. The van der Waals surface area contributed by atoms with E-state index in [1.807, 2.05) is 89.6 Å². The Morgan fingerprint density at radius 1 is 0.758 bits per heavy atom. The third kappa shape index (κ3) is 4.70. The van der Waals surface area contributed by atoms with Crippen LogP contribution in [0.2, 0.25) is 0 Å². The van der Waals surface area contributed by atoms with Crippen molar-refractivity contribution in [3.05, 3.63) is 139 Å². The van der Waals surface area contributed by atoms with Gasteiger partial charge in [-0.1, -0.05) is 97.1 Å². The van der Waals surface area contributed by atoms with E-state index in [9.17, 15) is 4.79 Å². The number of aromatic nitrogens is 2. The Hall–Kier alpha value is -4.18. The predicted molar refractivity (Wildman–Crippen MR) is 130 cm³/mol. The first kappa shape index (κ1) is 20.7. The number of benzene rings is 4. The van der Waals surface area contributed by atoms with Gasteiger partial charge < -0.3 is 9.30 Å². The number of fused-ring (bicyclic) bond motifs is 1. The minimum atomic E-state index is -0.502. The SMILES string of the molecule is O=C(OC(Cn1ccnc1)c1ccc2ccccc2c1)C(c1ccccc1)c1ccccc1. The van der Waals surface area contributed by atoms with Crippen LogP contribution in [0.4, 0.5) is 0 Å². The van der Waals surface area contributed by atoms with Crippen molar-refractivity contribution in [2.45, 2.75) is 18.6 Å². The molecule has 4 heteroatoms. The topological polar surface area (TPSA) is 44.1 Å². The first-order valence-electron chi connectivity index (χ1n) is 11.0. The van der Waals surface area contributed by atoms with E-state index in [2.05, 4.69) is 29.2 Å². The number of ether oxygens (including phenoxy) is 1. The summed E-state index contributed by atoms with van der Waals surface area (Å²) in [4.78, 5) is 17.8. The highest BCUT2D eigenvalue weighted by Gasteiger charge is 2.28. The second kappa shape index (κ2) is 9.53. The molecule has 4 nitrogen and oxygen atoms in total. The van der Waals surface area contributed by atoms with Crippen molar-refractivity contribution in [1.29, 1.82) is 0 Å². The molecule has 0 saturated heterocycles. The summed E-state index contributed by atoms with van der Waals surface area (Å²) < 4.78 is 8.18. The maximum absolute atomic E-state index is 13.7. The van der Waals surface area contributed by atoms with Crippen LogP contribution in [0, 0.1) is 0 Å². The number of nitrogens with zero attached hydrogens (tertiary/aromatic N) is 2. The highest BCUT2D eigenvalue weighted by molar-refractivity contribution is 5.84. The number of hydrogen-bond acceptors (Lipinski definition) is 3. The molecule has 1 atom stereocenters. The van der Waals surface area contributed by atoms with Crippen molar-refractivity contribution in [2.24, 2.45) is 0 Å². The van der Waals surface area contributed by atoms with Crippen molar-refractivity contribution in [2.75, 3.05) is 0 Å². The molecule has 162 valence electrons. The summed E-state index contributed by atoms with van der Waals surface area (Å²) in [6.07, 6.45) is 4.91. The van der Waals surface area contributed by atoms with Gasteiger partial charge in [0.05, 0.1) is 12.9 Å². The molecule has 1 heterocycles. The molecule has 1 unspecified atom stereocenters. The second-order valence-corrected chi connectivity index (χ2v) is 8.05. The number of hydrogen-bond donors (Lipinski definition) is 0. The van der Waals surface area contributed by atoms with Gasteiger partial charge in [0.25, 0.3) is 0 Å². The lowest BCUT2D eigenvalue weighted by atomic mass is 9.91. The molecule has 0 fully saturated rings. The minimum Gasteiger partial charge on any atom is -0.455 e. The van der Waals surface area contributed by atoms with Crippen molar-refractivity contribution >= 4 is 16.7 Å². The molecule has 0 spiro atoms. The quantitative estimate of drug-likeness (QED) is 0.290. The van der Waals surface area contributed by atoms with Crippen LogP contribution in [-0.4, -0.2) is 15.5 Å². The average Bonchev–Trinajstić information content (AvgIpc) is 3.38. The molecule has 5 rings (SSSR count). The Balaban J connectivity index is 1.51. The Labute approximate surface area is 193 Å². The van der Waals surface area contributed by atoms with Gasteiger partial charge in [-0.15, -0.1) is 0 Å². The highest BCUT2D eigenvalue weighted by Crippen LogP contribution is 2.31. The zero-order valence-corrected chi connectivity index (χ0v) is 18.1. The minimum absolute atomic E-state index is 0.273.